The van der Waals surface area contributed by atoms with E-state index in [4.69, 9.17) is 4.74 Å². The van der Waals surface area contributed by atoms with Crippen LogP contribution in [-0.4, -0.2) is 12.0 Å². The zero-order valence-corrected chi connectivity index (χ0v) is 9.79. The lowest BCUT2D eigenvalue weighted by atomic mass is 10.0. The molecule has 0 saturated heterocycles. The average Bonchev–Trinajstić information content (AvgIpc) is 2.39. The number of non-ortho nitro benzene ring substituents is 1. The predicted octanol–water partition coefficient (Wildman–Crippen LogP) is 3.08. The molecular weight excluding hydrogens is 230 g/mol. The maximum absolute atomic E-state index is 10.7. The second kappa shape index (κ2) is 5.31. The molecule has 0 bridgehead atoms. The molecule has 2 aromatic rings. The topological polar surface area (TPSA) is 52.4 Å². The Balaban J connectivity index is 2.22. The van der Waals surface area contributed by atoms with Crippen molar-refractivity contribution in [3.05, 3.63) is 76.2 Å². The summed E-state index contributed by atoms with van der Waals surface area (Å²) in [7, 11) is 1.59. The van der Waals surface area contributed by atoms with Gasteiger partial charge in [0.15, 0.2) is 0 Å². The third-order valence-corrected chi connectivity index (χ3v) is 2.42. The van der Waals surface area contributed by atoms with Gasteiger partial charge in [-0.25, -0.2) is 0 Å². The van der Waals surface area contributed by atoms with Crippen LogP contribution in [-0.2, 0) is 0 Å². The maximum atomic E-state index is 10.7. The Morgan fingerprint density at radius 1 is 1.11 bits per heavy atom. The fourth-order valence-electron chi connectivity index (χ4n) is 1.56. The van der Waals surface area contributed by atoms with Crippen LogP contribution < -0.4 is 4.74 Å². The van der Waals surface area contributed by atoms with Crippen molar-refractivity contribution < 1.29 is 9.66 Å². The van der Waals surface area contributed by atoms with E-state index < -0.39 is 4.92 Å². The SMILES string of the molecule is COc1cccc([C]c2cccc([N+](=O)[O-])c2)c1. The van der Waals surface area contributed by atoms with Gasteiger partial charge < -0.3 is 4.74 Å². The molecule has 0 N–H and O–H groups in total. The van der Waals surface area contributed by atoms with E-state index in [2.05, 4.69) is 6.42 Å². The Kier molecular flexibility index (Phi) is 3.57. The molecule has 90 valence electrons. The lowest BCUT2D eigenvalue weighted by Crippen LogP contribution is -1.91. The van der Waals surface area contributed by atoms with Crippen molar-refractivity contribution in [3.63, 3.8) is 0 Å². The highest BCUT2D eigenvalue weighted by atomic mass is 16.6. The molecular formula is C14H11NO3. The minimum Gasteiger partial charge on any atom is -0.497 e. The van der Waals surface area contributed by atoms with Crippen LogP contribution in [0.5, 0.6) is 5.75 Å². The Morgan fingerprint density at radius 3 is 2.44 bits per heavy atom. The maximum Gasteiger partial charge on any atom is 0.269 e. The molecule has 0 fully saturated rings. The van der Waals surface area contributed by atoms with E-state index in [1.165, 1.54) is 12.1 Å². The molecule has 2 radical (unpaired) electrons. The van der Waals surface area contributed by atoms with Crippen molar-refractivity contribution in [3.8, 4) is 5.75 Å². The van der Waals surface area contributed by atoms with Crippen molar-refractivity contribution in [1.82, 2.24) is 0 Å². The molecule has 2 rings (SSSR count). The Morgan fingerprint density at radius 2 is 1.78 bits per heavy atom. The minimum absolute atomic E-state index is 0.0582. The number of nitro groups is 1. The Hall–Kier alpha value is -2.36. The number of hydrogen-bond acceptors (Lipinski definition) is 3. The summed E-state index contributed by atoms with van der Waals surface area (Å²) in [5, 5.41) is 10.7. The van der Waals surface area contributed by atoms with Gasteiger partial charge >= 0.3 is 0 Å². The average molecular weight is 241 g/mol. The number of nitrogens with zero attached hydrogens (tertiary/aromatic N) is 1. The zero-order valence-electron chi connectivity index (χ0n) is 9.79. The summed E-state index contributed by atoms with van der Waals surface area (Å²) in [5.74, 6) is 0.727. The number of benzene rings is 2. The van der Waals surface area contributed by atoms with Crippen molar-refractivity contribution in [2.45, 2.75) is 0 Å². The van der Waals surface area contributed by atoms with Gasteiger partial charge in [-0.3, -0.25) is 10.1 Å². The molecule has 4 heteroatoms. The summed E-state index contributed by atoms with van der Waals surface area (Å²) >= 11 is 0. The molecule has 0 atom stereocenters. The van der Waals surface area contributed by atoms with Gasteiger partial charge in [0, 0.05) is 12.1 Å². The van der Waals surface area contributed by atoms with Gasteiger partial charge in [-0.05, 0) is 23.3 Å². The minimum atomic E-state index is -0.420. The molecule has 0 saturated carbocycles. The Labute approximate surface area is 105 Å². The van der Waals surface area contributed by atoms with Gasteiger partial charge in [-0.1, -0.05) is 24.3 Å². The highest BCUT2D eigenvalue weighted by molar-refractivity contribution is 5.44. The third kappa shape index (κ3) is 2.85. The molecule has 0 aromatic heterocycles. The summed E-state index contributed by atoms with van der Waals surface area (Å²) in [6.45, 7) is 0. The molecule has 4 nitrogen and oxygen atoms in total. The van der Waals surface area contributed by atoms with Gasteiger partial charge in [0.05, 0.1) is 18.5 Å². The number of nitro benzene ring substituents is 1. The van der Waals surface area contributed by atoms with Crippen LogP contribution in [0.15, 0.2) is 48.5 Å². The number of methoxy groups -OCH3 is 1. The van der Waals surface area contributed by atoms with Crippen LogP contribution in [0.2, 0.25) is 0 Å². The summed E-state index contributed by atoms with van der Waals surface area (Å²) < 4.78 is 5.11. The molecule has 0 amide bonds. The first-order chi connectivity index (χ1) is 8.69. The van der Waals surface area contributed by atoms with E-state index >= 15 is 0 Å². The predicted molar refractivity (Wildman–Crippen MR) is 67.5 cm³/mol. The molecule has 0 spiro atoms. The fraction of sp³-hybridized carbons (Fsp3) is 0.0714. The summed E-state index contributed by atoms with van der Waals surface area (Å²) in [5.41, 5.74) is 1.54. The third-order valence-electron chi connectivity index (χ3n) is 2.42. The van der Waals surface area contributed by atoms with E-state index in [1.807, 2.05) is 24.3 Å². The highest BCUT2D eigenvalue weighted by Crippen LogP contribution is 2.20. The van der Waals surface area contributed by atoms with Crippen LogP contribution in [0.3, 0.4) is 0 Å². The first-order valence-corrected chi connectivity index (χ1v) is 5.34. The van der Waals surface area contributed by atoms with E-state index in [1.54, 1.807) is 19.2 Å². The molecule has 0 heterocycles. The van der Waals surface area contributed by atoms with Gasteiger partial charge in [0.25, 0.3) is 5.69 Å². The van der Waals surface area contributed by atoms with Crippen LogP contribution >= 0.6 is 0 Å². The van der Waals surface area contributed by atoms with Gasteiger partial charge in [-0.2, -0.15) is 0 Å². The van der Waals surface area contributed by atoms with Crippen LogP contribution in [0.25, 0.3) is 0 Å². The van der Waals surface area contributed by atoms with Crippen LogP contribution in [0.1, 0.15) is 11.1 Å². The molecule has 18 heavy (non-hydrogen) atoms. The van der Waals surface area contributed by atoms with Crippen molar-refractivity contribution in [2.24, 2.45) is 0 Å². The molecule has 0 aliphatic rings. The lowest BCUT2D eigenvalue weighted by molar-refractivity contribution is -0.384. The quantitative estimate of drug-likeness (QED) is 0.610. The highest BCUT2D eigenvalue weighted by Gasteiger charge is 2.07. The van der Waals surface area contributed by atoms with Gasteiger partial charge in [-0.15, -0.1) is 0 Å². The monoisotopic (exact) mass is 241 g/mol. The second-order valence-electron chi connectivity index (χ2n) is 3.66. The first-order valence-electron chi connectivity index (χ1n) is 5.34. The van der Waals surface area contributed by atoms with E-state index in [0.29, 0.717) is 5.56 Å². The van der Waals surface area contributed by atoms with Gasteiger partial charge in [0.1, 0.15) is 5.75 Å². The zero-order chi connectivity index (χ0) is 13.0. The first kappa shape index (κ1) is 12.1. The standard InChI is InChI=1S/C14H11NO3/c1-18-14-7-3-5-12(10-14)8-11-4-2-6-13(9-11)15(16)17/h2-7,9-10H,1H3. The Bertz CT molecular complexity index is 566. The summed E-state index contributed by atoms with van der Waals surface area (Å²) in [4.78, 5) is 10.2. The smallest absolute Gasteiger partial charge is 0.269 e. The van der Waals surface area contributed by atoms with Crippen molar-refractivity contribution in [1.29, 1.82) is 0 Å². The van der Waals surface area contributed by atoms with Gasteiger partial charge in [0.2, 0.25) is 0 Å². The molecule has 2 aromatic carbocycles. The van der Waals surface area contributed by atoms with Crippen LogP contribution in [0, 0.1) is 16.5 Å². The molecule has 0 aliphatic heterocycles. The van der Waals surface area contributed by atoms with Crippen molar-refractivity contribution in [2.75, 3.05) is 7.11 Å². The van der Waals surface area contributed by atoms with E-state index in [0.717, 1.165) is 11.3 Å². The normalized spacial score (nSPS) is 10.1. The second-order valence-corrected chi connectivity index (χ2v) is 3.66. The largest absolute Gasteiger partial charge is 0.497 e. The fourth-order valence-corrected chi connectivity index (χ4v) is 1.56. The number of rotatable bonds is 4. The van der Waals surface area contributed by atoms with E-state index in [-0.39, 0.29) is 5.69 Å². The molecule has 0 unspecified atom stereocenters. The van der Waals surface area contributed by atoms with Crippen molar-refractivity contribution >= 4 is 5.69 Å². The number of ether oxygens (including phenoxy) is 1. The van der Waals surface area contributed by atoms with Crippen LogP contribution in [0.4, 0.5) is 5.69 Å². The van der Waals surface area contributed by atoms with E-state index in [9.17, 15) is 10.1 Å². The lowest BCUT2D eigenvalue weighted by Gasteiger charge is -2.03. The summed E-state index contributed by atoms with van der Waals surface area (Å²) in [6, 6.07) is 13.7. The summed E-state index contributed by atoms with van der Waals surface area (Å²) in [6.07, 6.45) is 3.09. The molecule has 0 aliphatic carbocycles. The number of hydrogen-bond donors (Lipinski definition) is 0.